The minimum Gasteiger partial charge on any atom is -0.494 e. The van der Waals surface area contributed by atoms with Gasteiger partial charge in [0.2, 0.25) is 0 Å². The predicted molar refractivity (Wildman–Crippen MR) is 66.4 cm³/mol. The zero-order valence-corrected chi connectivity index (χ0v) is 10.5. The van der Waals surface area contributed by atoms with Crippen molar-refractivity contribution in [2.24, 2.45) is 5.73 Å². The van der Waals surface area contributed by atoms with Gasteiger partial charge in [0.25, 0.3) is 5.69 Å². The highest BCUT2D eigenvalue weighted by atomic mass is 19.1. The van der Waals surface area contributed by atoms with Gasteiger partial charge >= 0.3 is 0 Å². The number of methoxy groups -OCH3 is 1. The molecule has 0 fully saturated rings. The molecule has 0 spiro atoms. The Kier molecular flexibility index (Phi) is 4.07. The van der Waals surface area contributed by atoms with Crippen LogP contribution in [-0.4, -0.2) is 24.1 Å². The molecule has 0 heterocycles. The molecule has 0 amide bonds. The molecule has 1 aromatic carbocycles. The number of benzene rings is 1. The fraction of sp³-hybridized carbons (Fsp3) is 0.455. The molecule has 0 aliphatic carbocycles. The van der Waals surface area contributed by atoms with Gasteiger partial charge in [-0.2, -0.15) is 0 Å². The first-order valence-corrected chi connectivity index (χ1v) is 5.29. The van der Waals surface area contributed by atoms with E-state index < -0.39 is 16.3 Å². The minimum atomic E-state index is -0.776. The van der Waals surface area contributed by atoms with E-state index in [0.717, 1.165) is 6.07 Å². The molecular weight excluding hydrogens is 241 g/mol. The van der Waals surface area contributed by atoms with Crippen molar-refractivity contribution >= 4 is 11.4 Å². The molecule has 0 radical (unpaired) electrons. The number of halogens is 1. The number of anilines is 1. The van der Waals surface area contributed by atoms with Gasteiger partial charge in [0, 0.05) is 18.2 Å². The van der Waals surface area contributed by atoms with Crippen molar-refractivity contribution < 1.29 is 14.1 Å². The van der Waals surface area contributed by atoms with Gasteiger partial charge in [-0.3, -0.25) is 10.1 Å². The zero-order chi connectivity index (χ0) is 13.9. The molecule has 6 nitrogen and oxygen atoms in total. The van der Waals surface area contributed by atoms with E-state index in [-0.39, 0.29) is 17.1 Å². The lowest BCUT2D eigenvalue weighted by molar-refractivity contribution is -0.384. The van der Waals surface area contributed by atoms with Crippen LogP contribution in [0.2, 0.25) is 0 Å². The van der Waals surface area contributed by atoms with Crippen molar-refractivity contribution in [1.82, 2.24) is 0 Å². The number of nitrogens with zero attached hydrogens (tertiary/aromatic N) is 1. The van der Waals surface area contributed by atoms with E-state index in [2.05, 4.69) is 5.32 Å². The predicted octanol–water partition coefficient (Wildman–Crippen LogP) is 1.89. The van der Waals surface area contributed by atoms with Gasteiger partial charge in [0.05, 0.1) is 18.1 Å². The summed E-state index contributed by atoms with van der Waals surface area (Å²) in [5.41, 5.74) is 5.05. The molecule has 0 atom stereocenters. The van der Waals surface area contributed by atoms with Gasteiger partial charge in [-0.1, -0.05) is 0 Å². The number of nitro groups is 1. The number of hydrogen-bond donors (Lipinski definition) is 2. The Balaban J connectivity index is 3.10. The first kappa shape index (κ1) is 14.2. The third kappa shape index (κ3) is 3.56. The number of nitrogens with one attached hydrogen (secondary N) is 1. The Bertz CT molecular complexity index is 458. The summed E-state index contributed by atoms with van der Waals surface area (Å²) in [6.45, 7) is 3.85. The van der Waals surface area contributed by atoms with Crippen molar-refractivity contribution in [1.29, 1.82) is 0 Å². The van der Waals surface area contributed by atoms with Gasteiger partial charge in [-0.25, -0.2) is 4.39 Å². The summed E-state index contributed by atoms with van der Waals surface area (Å²) in [6, 6.07) is 2.07. The maximum atomic E-state index is 13.4. The number of rotatable bonds is 5. The van der Waals surface area contributed by atoms with Crippen LogP contribution in [0.15, 0.2) is 12.1 Å². The fourth-order valence-corrected chi connectivity index (χ4v) is 1.31. The van der Waals surface area contributed by atoms with Crippen molar-refractivity contribution in [3.63, 3.8) is 0 Å². The lowest BCUT2D eigenvalue weighted by atomic mass is 10.1. The molecule has 1 rings (SSSR count). The summed E-state index contributed by atoms with van der Waals surface area (Å²) in [5.74, 6) is -0.834. The van der Waals surface area contributed by atoms with E-state index in [9.17, 15) is 14.5 Å². The molecule has 0 aliphatic rings. The number of nitro benzene ring substituents is 1. The van der Waals surface area contributed by atoms with Crippen LogP contribution in [0, 0.1) is 15.9 Å². The maximum Gasteiger partial charge on any atom is 0.295 e. The monoisotopic (exact) mass is 257 g/mol. The van der Waals surface area contributed by atoms with E-state index in [1.165, 1.54) is 13.2 Å². The van der Waals surface area contributed by atoms with Gasteiger partial charge in [0.15, 0.2) is 11.6 Å². The first-order chi connectivity index (χ1) is 8.24. The molecule has 100 valence electrons. The van der Waals surface area contributed by atoms with Crippen molar-refractivity contribution in [2.75, 3.05) is 19.0 Å². The van der Waals surface area contributed by atoms with E-state index in [1.54, 1.807) is 13.8 Å². The molecule has 3 N–H and O–H groups in total. The Morgan fingerprint density at radius 1 is 1.56 bits per heavy atom. The first-order valence-electron chi connectivity index (χ1n) is 5.29. The largest absolute Gasteiger partial charge is 0.494 e. The average Bonchev–Trinajstić information content (AvgIpc) is 2.25. The molecule has 0 saturated carbocycles. The van der Waals surface area contributed by atoms with Crippen LogP contribution in [0.3, 0.4) is 0 Å². The van der Waals surface area contributed by atoms with Gasteiger partial charge in [-0.15, -0.1) is 0 Å². The van der Waals surface area contributed by atoms with E-state index in [1.807, 2.05) is 0 Å². The molecule has 0 bridgehead atoms. The Labute approximate surface area is 104 Å². The van der Waals surface area contributed by atoms with Crippen LogP contribution < -0.4 is 15.8 Å². The molecule has 0 aromatic heterocycles. The van der Waals surface area contributed by atoms with Crippen LogP contribution in [0.5, 0.6) is 5.75 Å². The van der Waals surface area contributed by atoms with Crippen LogP contribution in [0.25, 0.3) is 0 Å². The number of hydrogen-bond acceptors (Lipinski definition) is 5. The van der Waals surface area contributed by atoms with Crippen LogP contribution in [0.1, 0.15) is 13.8 Å². The van der Waals surface area contributed by atoms with Gasteiger partial charge < -0.3 is 15.8 Å². The van der Waals surface area contributed by atoms with Crippen LogP contribution >= 0.6 is 0 Å². The van der Waals surface area contributed by atoms with Crippen LogP contribution in [0.4, 0.5) is 15.8 Å². The SMILES string of the molecule is COc1cc(NCC(C)(C)N)c([N+](=O)[O-])cc1F. The molecular formula is C11H16FN3O3. The maximum absolute atomic E-state index is 13.4. The summed E-state index contributed by atoms with van der Waals surface area (Å²) in [4.78, 5) is 10.2. The highest BCUT2D eigenvalue weighted by Crippen LogP contribution is 2.31. The molecule has 18 heavy (non-hydrogen) atoms. The fourth-order valence-electron chi connectivity index (χ4n) is 1.31. The second kappa shape index (κ2) is 5.18. The second-order valence-electron chi connectivity index (χ2n) is 4.60. The Morgan fingerprint density at radius 2 is 2.17 bits per heavy atom. The lowest BCUT2D eigenvalue weighted by Crippen LogP contribution is -2.39. The smallest absolute Gasteiger partial charge is 0.295 e. The average molecular weight is 257 g/mol. The summed E-state index contributed by atoms with van der Waals surface area (Å²) in [5, 5.41) is 13.6. The zero-order valence-electron chi connectivity index (χ0n) is 10.5. The highest BCUT2D eigenvalue weighted by Gasteiger charge is 2.20. The second-order valence-corrected chi connectivity index (χ2v) is 4.60. The van der Waals surface area contributed by atoms with Crippen molar-refractivity contribution in [3.8, 4) is 5.75 Å². The highest BCUT2D eigenvalue weighted by molar-refractivity contribution is 5.64. The Hall–Kier alpha value is -1.89. The third-order valence-corrected chi connectivity index (χ3v) is 2.20. The minimum absolute atomic E-state index is 0.0575. The summed E-state index contributed by atoms with van der Waals surface area (Å²) in [6.07, 6.45) is 0. The standard InChI is InChI=1S/C11H16FN3O3/c1-11(2,13)6-14-8-5-10(18-3)7(12)4-9(8)15(16)17/h4-5,14H,6,13H2,1-3H3. The molecule has 7 heteroatoms. The van der Waals surface area contributed by atoms with E-state index >= 15 is 0 Å². The normalized spacial score (nSPS) is 11.2. The molecule has 0 aliphatic heterocycles. The lowest BCUT2D eigenvalue weighted by Gasteiger charge is -2.20. The summed E-state index contributed by atoms with van der Waals surface area (Å²) < 4.78 is 18.2. The van der Waals surface area contributed by atoms with Crippen molar-refractivity contribution in [2.45, 2.75) is 19.4 Å². The van der Waals surface area contributed by atoms with Crippen LogP contribution in [-0.2, 0) is 0 Å². The quantitative estimate of drug-likeness (QED) is 0.621. The van der Waals surface area contributed by atoms with Gasteiger partial charge in [-0.05, 0) is 13.8 Å². The Morgan fingerprint density at radius 3 is 2.61 bits per heavy atom. The van der Waals surface area contributed by atoms with Gasteiger partial charge in [0.1, 0.15) is 5.69 Å². The third-order valence-electron chi connectivity index (χ3n) is 2.20. The topological polar surface area (TPSA) is 90.4 Å². The van der Waals surface area contributed by atoms with E-state index in [4.69, 9.17) is 10.5 Å². The molecule has 0 saturated heterocycles. The summed E-state index contributed by atoms with van der Waals surface area (Å²) >= 11 is 0. The summed E-state index contributed by atoms with van der Waals surface area (Å²) in [7, 11) is 1.29. The molecule has 1 aromatic rings. The number of ether oxygens (including phenoxy) is 1. The number of nitrogens with two attached hydrogens (primary N) is 1. The van der Waals surface area contributed by atoms with E-state index in [0.29, 0.717) is 6.54 Å². The molecule has 0 unspecified atom stereocenters. The van der Waals surface area contributed by atoms with Crippen molar-refractivity contribution in [3.05, 3.63) is 28.1 Å².